The number of amides is 2. The molecule has 1 aromatic carbocycles. The van der Waals surface area contributed by atoms with Crippen LogP contribution in [-0.4, -0.2) is 34.7 Å². The Morgan fingerprint density at radius 1 is 1.21 bits per heavy atom. The van der Waals surface area contributed by atoms with Gasteiger partial charge in [0.25, 0.3) is 0 Å². The fraction of sp³-hybridized carbons (Fsp3) is 0.235. The van der Waals surface area contributed by atoms with Crippen molar-refractivity contribution in [1.29, 1.82) is 0 Å². The topological polar surface area (TPSA) is 76.0 Å². The third kappa shape index (κ3) is 4.70. The van der Waals surface area contributed by atoms with Crippen LogP contribution < -0.4 is 10.6 Å². The van der Waals surface area contributed by atoms with Crippen molar-refractivity contribution in [2.24, 2.45) is 0 Å². The Kier molecular flexibility index (Phi) is 6.14. The third-order valence-corrected chi connectivity index (χ3v) is 3.61. The first-order valence-corrected chi connectivity index (χ1v) is 7.87. The molecule has 2 N–H and O–H groups in total. The van der Waals surface area contributed by atoms with E-state index in [0.29, 0.717) is 23.8 Å². The number of halogens is 1. The third-order valence-electron chi connectivity index (χ3n) is 3.25. The van der Waals surface area contributed by atoms with E-state index < -0.39 is 0 Å². The molecule has 0 saturated heterocycles. The summed E-state index contributed by atoms with van der Waals surface area (Å²) in [5, 5.41) is 10.1. The van der Waals surface area contributed by atoms with Gasteiger partial charge in [0, 0.05) is 31.7 Å². The van der Waals surface area contributed by atoms with Gasteiger partial charge in [0.15, 0.2) is 0 Å². The maximum absolute atomic E-state index is 11.8. The molecule has 7 heteroatoms. The molecule has 0 fully saturated rings. The molecule has 126 valence electrons. The molecule has 2 aromatic rings. The number of nitrogens with one attached hydrogen (secondary N) is 2. The minimum atomic E-state index is -0.261. The lowest BCUT2D eigenvalue weighted by Crippen LogP contribution is -2.32. The van der Waals surface area contributed by atoms with E-state index in [-0.39, 0.29) is 11.8 Å². The van der Waals surface area contributed by atoms with Crippen LogP contribution in [0.3, 0.4) is 0 Å². The average molecular weight is 347 g/mol. The number of aryl methyl sites for hydroxylation is 1. The Bertz CT molecular complexity index is 753. The van der Waals surface area contributed by atoms with Crippen molar-refractivity contribution in [3.05, 3.63) is 52.8 Å². The summed E-state index contributed by atoms with van der Waals surface area (Å²) in [5.74, 6) is -0.390. The van der Waals surface area contributed by atoms with Crippen LogP contribution >= 0.6 is 11.6 Å². The Labute approximate surface area is 145 Å². The van der Waals surface area contributed by atoms with Gasteiger partial charge >= 0.3 is 0 Å². The molecule has 0 aliphatic rings. The second-order valence-corrected chi connectivity index (χ2v) is 5.50. The summed E-state index contributed by atoms with van der Waals surface area (Å²) in [6.07, 6.45) is 3.04. The van der Waals surface area contributed by atoms with Gasteiger partial charge < -0.3 is 10.6 Å². The van der Waals surface area contributed by atoms with Crippen LogP contribution in [0.1, 0.15) is 18.2 Å². The minimum Gasteiger partial charge on any atom is -0.355 e. The number of carbonyl (C=O) groups excluding carboxylic acids is 2. The molecule has 0 spiro atoms. The van der Waals surface area contributed by atoms with Crippen molar-refractivity contribution in [2.45, 2.75) is 13.8 Å². The zero-order chi connectivity index (χ0) is 17.5. The zero-order valence-electron chi connectivity index (χ0n) is 13.5. The lowest BCUT2D eigenvalue weighted by Gasteiger charge is -2.03. The minimum absolute atomic E-state index is 0.129. The van der Waals surface area contributed by atoms with E-state index in [0.717, 1.165) is 11.4 Å². The van der Waals surface area contributed by atoms with Crippen molar-refractivity contribution >= 4 is 29.5 Å². The molecule has 0 unspecified atom stereocenters. The predicted molar refractivity (Wildman–Crippen MR) is 94.0 cm³/mol. The van der Waals surface area contributed by atoms with Crippen molar-refractivity contribution in [1.82, 2.24) is 20.4 Å². The second-order valence-electron chi connectivity index (χ2n) is 5.14. The van der Waals surface area contributed by atoms with Crippen LogP contribution in [-0.2, 0) is 9.59 Å². The molecule has 2 amide bonds. The van der Waals surface area contributed by atoms with Gasteiger partial charge in [-0.05, 0) is 25.1 Å². The number of aromatic nitrogens is 2. The van der Waals surface area contributed by atoms with Crippen LogP contribution in [0.15, 0.2) is 36.4 Å². The van der Waals surface area contributed by atoms with Gasteiger partial charge in [-0.1, -0.05) is 29.8 Å². The average Bonchev–Trinajstić information content (AvgIpc) is 2.85. The molecular formula is C17H19ClN4O2. The van der Waals surface area contributed by atoms with Crippen molar-refractivity contribution in [3.8, 4) is 5.69 Å². The molecular weight excluding hydrogens is 328 g/mol. The maximum atomic E-state index is 11.8. The van der Waals surface area contributed by atoms with Gasteiger partial charge in [-0.2, -0.15) is 5.10 Å². The molecule has 0 bridgehead atoms. The Balaban J connectivity index is 2.03. The number of benzene rings is 1. The van der Waals surface area contributed by atoms with Crippen LogP contribution in [0.5, 0.6) is 0 Å². The summed E-state index contributed by atoms with van der Waals surface area (Å²) in [4.78, 5) is 22.5. The number of hydrogen-bond donors (Lipinski definition) is 2. The quantitative estimate of drug-likeness (QED) is 0.621. The van der Waals surface area contributed by atoms with Crippen LogP contribution in [0.4, 0.5) is 0 Å². The summed E-state index contributed by atoms with van der Waals surface area (Å²) in [6, 6.07) is 9.53. The smallest absolute Gasteiger partial charge is 0.244 e. The highest BCUT2D eigenvalue weighted by Gasteiger charge is 2.12. The Hall–Kier alpha value is -2.60. The van der Waals surface area contributed by atoms with Gasteiger partial charge in [0.05, 0.1) is 11.4 Å². The Morgan fingerprint density at radius 3 is 2.54 bits per heavy atom. The number of nitrogens with zero attached hydrogens (tertiary/aromatic N) is 2. The molecule has 2 rings (SSSR count). The summed E-state index contributed by atoms with van der Waals surface area (Å²) in [7, 11) is 0. The van der Waals surface area contributed by atoms with Gasteiger partial charge in [0.2, 0.25) is 11.8 Å². The van der Waals surface area contributed by atoms with Gasteiger partial charge in [0.1, 0.15) is 5.15 Å². The highest BCUT2D eigenvalue weighted by Crippen LogP contribution is 2.24. The lowest BCUT2D eigenvalue weighted by molar-refractivity contribution is -0.119. The lowest BCUT2D eigenvalue weighted by atomic mass is 10.2. The molecule has 0 radical (unpaired) electrons. The highest BCUT2D eigenvalue weighted by molar-refractivity contribution is 6.31. The molecule has 0 saturated carbocycles. The van der Waals surface area contributed by atoms with Crippen LogP contribution in [0.25, 0.3) is 11.8 Å². The van der Waals surface area contributed by atoms with E-state index in [4.69, 9.17) is 11.6 Å². The first-order chi connectivity index (χ1) is 11.5. The molecule has 6 nitrogen and oxygen atoms in total. The van der Waals surface area contributed by atoms with E-state index in [1.807, 2.05) is 37.3 Å². The van der Waals surface area contributed by atoms with Crippen molar-refractivity contribution in [2.75, 3.05) is 13.1 Å². The molecule has 1 aromatic heterocycles. The van der Waals surface area contributed by atoms with E-state index in [1.165, 1.54) is 13.0 Å². The van der Waals surface area contributed by atoms with Crippen LogP contribution in [0, 0.1) is 6.92 Å². The van der Waals surface area contributed by atoms with Gasteiger partial charge in [-0.15, -0.1) is 0 Å². The SMILES string of the molecule is CC(=O)NCCNC(=O)C=Cc1c(C)nn(-c2ccccc2)c1Cl. The first-order valence-electron chi connectivity index (χ1n) is 7.50. The number of hydrogen-bond acceptors (Lipinski definition) is 3. The fourth-order valence-corrected chi connectivity index (χ4v) is 2.42. The van der Waals surface area contributed by atoms with E-state index >= 15 is 0 Å². The van der Waals surface area contributed by atoms with E-state index in [1.54, 1.807) is 10.8 Å². The maximum Gasteiger partial charge on any atom is 0.244 e. The molecule has 1 heterocycles. The van der Waals surface area contributed by atoms with Crippen molar-refractivity contribution in [3.63, 3.8) is 0 Å². The monoisotopic (exact) mass is 346 g/mol. The molecule has 0 aliphatic heterocycles. The van der Waals surface area contributed by atoms with E-state index in [9.17, 15) is 9.59 Å². The summed E-state index contributed by atoms with van der Waals surface area (Å²) >= 11 is 6.38. The van der Waals surface area contributed by atoms with Gasteiger partial charge in [-0.25, -0.2) is 4.68 Å². The molecule has 24 heavy (non-hydrogen) atoms. The standard InChI is InChI=1S/C17H19ClN4O2/c1-12-15(8-9-16(24)20-11-10-19-13(2)23)17(18)22(21-12)14-6-4-3-5-7-14/h3-9H,10-11H2,1-2H3,(H,19,23)(H,20,24). The fourth-order valence-electron chi connectivity index (χ4n) is 2.08. The predicted octanol–water partition coefficient (Wildman–Crippen LogP) is 2.10. The van der Waals surface area contributed by atoms with Gasteiger partial charge in [-0.3, -0.25) is 9.59 Å². The number of carbonyl (C=O) groups is 2. The largest absolute Gasteiger partial charge is 0.355 e. The summed E-state index contributed by atoms with van der Waals surface area (Å²) in [5.41, 5.74) is 2.27. The normalized spacial score (nSPS) is 10.8. The summed E-state index contributed by atoms with van der Waals surface area (Å²) in [6.45, 7) is 4.01. The van der Waals surface area contributed by atoms with E-state index in [2.05, 4.69) is 15.7 Å². The van der Waals surface area contributed by atoms with Crippen LogP contribution in [0.2, 0.25) is 5.15 Å². The number of para-hydroxylation sites is 1. The first kappa shape index (κ1) is 17.7. The Morgan fingerprint density at radius 2 is 1.88 bits per heavy atom. The second kappa shape index (κ2) is 8.31. The van der Waals surface area contributed by atoms with Crippen molar-refractivity contribution < 1.29 is 9.59 Å². The molecule has 0 aliphatic carbocycles. The summed E-state index contributed by atoms with van der Waals surface area (Å²) < 4.78 is 1.63. The highest BCUT2D eigenvalue weighted by atomic mass is 35.5. The number of rotatable bonds is 6. The zero-order valence-corrected chi connectivity index (χ0v) is 14.3. The molecule has 0 atom stereocenters.